The molecule has 1 aliphatic carbocycles. The largest absolute Gasteiger partial charge is 0.387 e. The second-order valence-electron chi connectivity index (χ2n) is 4.93. The fourth-order valence-corrected chi connectivity index (χ4v) is 2.03. The van der Waals surface area contributed by atoms with Crippen molar-refractivity contribution in [2.45, 2.75) is 19.8 Å². The van der Waals surface area contributed by atoms with Crippen LogP contribution in [0.15, 0.2) is 18.2 Å². The number of rotatable bonds is 4. The molecule has 0 aliphatic heterocycles. The van der Waals surface area contributed by atoms with Gasteiger partial charge in [0.05, 0.1) is 5.56 Å². The summed E-state index contributed by atoms with van der Waals surface area (Å²) in [6.45, 7) is 2.90. The summed E-state index contributed by atoms with van der Waals surface area (Å²) in [5, 5.41) is 3.08. The fraction of sp³-hybridized carbons (Fsp3) is 0.500. The molecule has 2 rings (SSSR count). The summed E-state index contributed by atoms with van der Waals surface area (Å²) in [6.07, 6.45) is 2.54. The third kappa shape index (κ3) is 2.78. The lowest BCUT2D eigenvalue weighted by Gasteiger charge is -2.19. The molecule has 17 heavy (non-hydrogen) atoms. The van der Waals surface area contributed by atoms with Crippen molar-refractivity contribution in [3.63, 3.8) is 0 Å². The lowest BCUT2D eigenvalue weighted by Crippen LogP contribution is -2.29. The van der Waals surface area contributed by atoms with Gasteiger partial charge in [-0.25, -0.2) is 0 Å². The first kappa shape index (κ1) is 12.0. The Bertz CT molecular complexity index is 424. The number of nitrogens with zero attached hydrogens (tertiary/aromatic N) is 1. The molecule has 0 spiro atoms. The van der Waals surface area contributed by atoms with Crippen LogP contribution in [0.5, 0.6) is 0 Å². The van der Waals surface area contributed by atoms with Crippen molar-refractivity contribution in [2.75, 3.05) is 26.0 Å². The standard InChI is InChI=1S/C14H20N2O/c1-10-4-7-13(15-2)12(8-10)14(17)16(3)9-11-5-6-11/h4,7-8,11,15H,5-6,9H2,1-3H3. The van der Waals surface area contributed by atoms with E-state index in [4.69, 9.17) is 0 Å². The number of carbonyl (C=O) groups is 1. The molecule has 1 amide bonds. The lowest BCUT2D eigenvalue weighted by molar-refractivity contribution is 0.0789. The van der Waals surface area contributed by atoms with E-state index in [0.29, 0.717) is 0 Å². The van der Waals surface area contributed by atoms with Crippen LogP contribution in [-0.2, 0) is 0 Å². The van der Waals surface area contributed by atoms with Gasteiger partial charge in [0.2, 0.25) is 0 Å². The monoisotopic (exact) mass is 232 g/mol. The van der Waals surface area contributed by atoms with E-state index < -0.39 is 0 Å². The molecule has 92 valence electrons. The number of hydrogen-bond donors (Lipinski definition) is 1. The molecule has 0 aromatic heterocycles. The van der Waals surface area contributed by atoms with Gasteiger partial charge in [-0.05, 0) is 37.8 Å². The predicted molar refractivity (Wildman–Crippen MR) is 70.4 cm³/mol. The topological polar surface area (TPSA) is 32.3 Å². The van der Waals surface area contributed by atoms with Gasteiger partial charge >= 0.3 is 0 Å². The maximum absolute atomic E-state index is 12.3. The Balaban J connectivity index is 2.18. The molecule has 0 radical (unpaired) electrons. The normalized spacial score (nSPS) is 14.5. The second-order valence-corrected chi connectivity index (χ2v) is 4.93. The average Bonchev–Trinajstić information content (AvgIpc) is 3.11. The Morgan fingerprint density at radius 1 is 1.47 bits per heavy atom. The first-order valence-corrected chi connectivity index (χ1v) is 6.15. The van der Waals surface area contributed by atoms with Crippen LogP contribution >= 0.6 is 0 Å². The second kappa shape index (κ2) is 4.78. The molecule has 0 bridgehead atoms. The van der Waals surface area contributed by atoms with Crippen LogP contribution in [-0.4, -0.2) is 31.4 Å². The van der Waals surface area contributed by atoms with Crippen molar-refractivity contribution < 1.29 is 4.79 Å². The smallest absolute Gasteiger partial charge is 0.255 e. The minimum Gasteiger partial charge on any atom is -0.387 e. The molecule has 1 aliphatic rings. The van der Waals surface area contributed by atoms with Gasteiger partial charge < -0.3 is 10.2 Å². The Morgan fingerprint density at radius 3 is 2.76 bits per heavy atom. The number of aryl methyl sites for hydroxylation is 1. The Kier molecular flexibility index (Phi) is 3.36. The quantitative estimate of drug-likeness (QED) is 0.865. The summed E-state index contributed by atoms with van der Waals surface area (Å²) in [5.74, 6) is 0.844. The van der Waals surface area contributed by atoms with Crippen LogP contribution < -0.4 is 5.32 Å². The highest BCUT2D eigenvalue weighted by Crippen LogP contribution is 2.30. The molecule has 0 atom stereocenters. The summed E-state index contributed by atoms with van der Waals surface area (Å²) in [5.41, 5.74) is 2.80. The van der Waals surface area contributed by atoms with Crippen LogP contribution in [0.25, 0.3) is 0 Å². The molecular weight excluding hydrogens is 212 g/mol. The van der Waals surface area contributed by atoms with Gasteiger partial charge in [0, 0.05) is 26.3 Å². The van der Waals surface area contributed by atoms with Crippen molar-refractivity contribution in [2.24, 2.45) is 5.92 Å². The molecule has 1 fully saturated rings. The van der Waals surface area contributed by atoms with Crippen molar-refractivity contribution in [3.05, 3.63) is 29.3 Å². The van der Waals surface area contributed by atoms with Crippen LogP contribution in [0.2, 0.25) is 0 Å². The highest BCUT2D eigenvalue weighted by molar-refractivity contribution is 5.99. The van der Waals surface area contributed by atoms with Gasteiger partial charge in [0.1, 0.15) is 0 Å². The third-order valence-electron chi connectivity index (χ3n) is 3.25. The fourth-order valence-electron chi connectivity index (χ4n) is 2.03. The first-order valence-electron chi connectivity index (χ1n) is 6.15. The molecule has 1 aromatic rings. The number of hydrogen-bond acceptors (Lipinski definition) is 2. The lowest BCUT2D eigenvalue weighted by atomic mass is 10.1. The molecular formula is C14H20N2O. The third-order valence-corrected chi connectivity index (χ3v) is 3.25. The first-order chi connectivity index (χ1) is 8.11. The van der Waals surface area contributed by atoms with Crippen molar-refractivity contribution in [1.29, 1.82) is 0 Å². The van der Waals surface area contributed by atoms with Crippen molar-refractivity contribution in [3.8, 4) is 0 Å². The molecule has 1 saturated carbocycles. The zero-order valence-corrected chi connectivity index (χ0v) is 10.8. The summed E-state index contributed by atoms with van der Waals surface area (Å²) < 4.78 is 0. The number of carbonyl (C=O) groups excluding carboxylic acids is 1. The van der Waals surface area contributed by atoms with Gasteiger partial charge in [0.15, 0.2) is 0 Å². The van der Waals surface area contributed by atoms with Crippen molar-refractivity contribution >= 4 is 11.6 Å². The minimum absolute atomic E-state index is 0.116. The molecule has 3 heteroatoms. The zero-order valence-electron chi connectivity index (χ0n) is 10.8. The van der Waals surface area contributed by atoms with Crippen LogP contribution in [0.3, 0.4) is 0 Å². The van der Waals surface area contributed by atoms with Gasteiger partial charge in [-0.2, -0.15) is 0 Å². The maximum Gasteiger partial charge on any atom is 0.255 e. The zero-order chi connectivity index (χ0) is 12.4. The van der Waals surface area contributed by atoms with E-state index >= 15 is 0 Å². The molecule has 1 N–H and O–H groups in total. The summed E-state index contributed by atoms with van der Waals surface area (Å²) in [4.78, 5) is 14.2. The van der Waals surface area contributed by atoms with Gasteiger partial charge in [-0.1, -0.05) is 11.6 Å². The van der Waals surface area contributed by atoms with E-state index in [9.17, 15) is 4.79 Å². The minimum atomic E-state index is 0.116. The molecule has 0 saturated heterocycles. The number of anilines is 1. The van der Waals surface area contributed by atoms with Crippen LogP contribution in [0.1, 0.15) is 28.8 Å². The van der Waals surface area contributed by atoms with Gasteiger partial charge in [0.25, 0.3) is 5.91 Å². The molecule has 0 heterocycles. The molecule has 3 nitrogen and oxygen atoms in total. The Morgan fingerprint density at radius 2 is 2.18 bits per heavy atom. The number of amides is 1. The van der Waals surface area contributed by atoms with E-state index in [1.54, 1.807) is 0 Å². The summed E-state index contributed by atoms with van der Waals surface area (Å²) >= 11 is 0. The number of nitrogens with one attached hydrogen (secondary N) is 1. The highest BCUT2D eigenvalue weighted by Gasteiger charge is 2.26. The van der Waals surface area contributed by atoms with Crippen LogP contribution in [0.4, 0.5) is 5.69 Å². The van der Waals surface area contributed by atoms with Gasteiger partial charge in [-0.15, -0.1) is 0 Å². The SMILES string of the molecule is CNc1ccc(C)cc1C(=O)N(C)CC1CC1. The number of benzene rings is 1. The van der Waals surface area contributed by atoms with E-state index in [-0.39, 0.29) is 5.91 Å². The van der Waals surface area contributed by atoms with Crippen LogP contribution in [0, 0.1) is 12.8 Å². The predicted octanol–water partition coefficient (Wildman–Crippen LogP) is 2.52. The molecule has 0 unspecified atom stereocenters. The van der Waals surface area contributed by atoms with E-state index in [1.807, 2.05) is 44.1 Å². The Hall–Kier alpha value is -1.51. The summed E-state index contributed by atoms with van der Waals surface area (Å²) in [6, 6.07) is 5.94. The van der Waals surface area contributed by atoms with E-state index in [1.165, 1.54) is 12.8 Å². The van der Waals surface area contributed by atoms with E-state index in [2.05, 4.69) is 5.32 Å². The summed E-state index contributed by atoms with van der Waals surface area (Å²) in [7, 11) is 3.74. The molecule has 1 aromatic carbocycles. The maximum atomic E-state index is 12.3. The Labute approximate surface area is 103 Å². The average molecular weight is 232 g/mol. The van der Waals surface area contributed by atoms with E-state index in [0.717, 1.165) is 29.3 Å². The van der Waals surface area contributed by atoms with Gasteiger partial charge in [-0.3, -0.25) is 4.79 Å². The highest BCUT2D eigenvalue weighted by atomic mass is 16.2. The van der Waals surface area contributed by atoms with Crippen molar-refractivity contribution in [1.82, 2.24) is 4.90 Å².